The smallest absolute Gasteiger partial charge is 0.164 e. The van der Waals surface area contributed by atoms with Crippen molar-refractivity contribution in [3.05, 3.63) is 63.1 Å². The zero-order valence-corrected chi connectivity index (χ0v) is 16.3. The number of nitrogens with zero attached hydrogens (tertiary/aromatic N) is 1. The van der Waals surface area contributed by atoms with E-state index in [1.54, 1.807) is 24.0 Å². The van der Waals surface area contributed by atoms with Gasteiger partial charge < -0.3 is 4.90 Å². The lowest BCUT2D eigenvalue weighted by atomic mass is 10.1. The van der Waals surface area contributed by atoms with Crippen molar-refractivity contribution >= 4 is 49.7 Å². The van der Waals surface area contributed by atoms with Gasteiger partial charge in [-0.25, -0.2) is 8.42 Å². The van der Waals surface area contributed by atoms with Crippen LogP contribution in [0, 0.1) is 0 Å². The van der Waals surface area contributed by atoms with Crippen molar-refractivity contribution in [2.45, 2.75) is 19.9 Å². The van der Waals surface area contributed by atoms with E-state index >= 15 is 0 Å². The third-order valence-electron chi connectivity index (χ3n) is 3.51. The third kappa shape index (κ3) is 4.59. The summed E-state index contributed by atoms with van der Waals surface area (Å²) in [6, 6.07) is 12.9. The van der Waals surface area contributed by atoms with Crippen LogP contribution < -0.4 is 4.90 Å². The molecular weight excluding hydrogens is 414 g/mol. The molecule has 4 nitrogen and oxygen atoms in total. The average Bonchev–Trinajstić information content (AvgIpc) is 2.54. The minimum absolute atomic E-state index is 0.0834. The van der Waals surface area contributed by atoms with E-state index in [1.807, 2.05) is 30.3 Å². The number of carbonyl (C=O) groups is 1. The van der Waals surface area contributed by atoms with Gasteiger partial charge in [0.25, 0.3) is 0 Å². The molecule has 0 heterocycles. The SMILES string of the molecule is CCC(=O)c1ccc(Br)c(N(Cc2ccccc2)C[SH](=O)=O)c1Cl. The molecule has 0 unspecified atom stereocenters. The van der Waals surface area contributed by atoms with Crippen LogP contribution in [0.25, 0.3) is 0 Å². The molecule has 0 amide bonds. The number of rotatable bonds is 7. The molecule has 0 radical (unpaired) electrons. The van der Waals surface area contributed by atoms with Gasteiger partial charge in [0.15, 0.2) is 16.5 Å². The Kier molecular flexibility index (Phi) is 6.83. The van der Waals surface area contributed by atoms with Crippen molar-refractivity contribution in [1.82, 2.24) is 0 Å². The van der Waals surface area contributed by atoms with Gasteiger partial charge in [0.1, 0.15) is 5.88 Å². The Balaban J connectivity index is 2.51. The fraction of sp³-hybridized carbons (Fsp3) is 0.235. The summed E-state index contributed by atoms with van der Waals surface area (Å²) in [7, 11) is -2.65. The van der Waals surface area contributed by atoms with Gasteiger partial charge in [0.2, 0.25) is 0 Å². The summed E-state index contributed by atoms with van der Waals surface area (Å²) < 4.78 is 23.3. The molecule has 2 aromatic carbocycles. The molecular formula is C17H17BrClNO3S. The summed E-state index contributed by atoms with van der Waals surface area (Å²) in [6.07, 6.45) is 0.329. The summed E-state index contributed by atoms with van der Waals surface area (Å²) in [6.45, 7) is 2.13. The molecule has 2 aromatic rings. The Morgan fingerprint density at radius 1 is 1.17 bits per heavy atom. The summed E-state index contributed by atoms with van der Waals surface area (Å²) in [5.41, 5.74) is 1.86. The number of halogens is 2. The van der Waals surface area contributed by atoms with E-state index in [0.29, 0.717) is 28.7 Å². The second-order valence-corrected chi connectivity index (χ2v) is 7.37. The zero-order chi connectivity index (χ0) is 17.7. The summed E-state index contributed by atoms with van der Waals surface area (Å²) in [4.78, 5) is 13.7. The second kappa shape index (κ2) is 8.65. The fourth-order valence-corrected chi connectivity index (χ4v) is 3.98. The largest absolute Gasteiger partial charge is 0.351 e. The minimum Gasteiger partial charge on any atom is -0.351 e. The van der Waals surface area contributed by atoms with E-state index in [9.17, 15) is 13.2 Å². The molecule has 0 saturated heterocycles. The molecule has 7 heteroatoms. The van der Waals surface area contributed by atoms with Gasteiger partial charge in [-0.3, -0.25) is 4.79 Å². The maximum Gasteiger partial charge on any atom is 0.164 e. The normalized spacial score (nSPS) is 10.8. The number of thiol groups is 1. The lowest BCUT2D eigenvalue weighted by Crippen LogP contribution is -2.26. The molecule has 0 aliphatic carbocycles. The molecule has 0 aliphatic heterocycles. The number of anilines is 1. The van der Waals surface area contributed by atoms with Crippen molar-refractivity contribution in [2.75, 3.05) is 10.8 Å². The van der Waals surface area contributed by atoms with E-state index in [0.717, 1.165) is 5.56 Å². The highest BCUT2D eigenvalue weighted by Gasteiger charge is 2.20. The quantitative estimate of drug-likeness (QED) is 0.526. The van der Waals surface area contributed by atoms with Gasteiger partial charge in [0, 0.05) is 23.0 Å². The Bertz CT molecular complexity index is 801. The number of Topliss-reactive ketones (excluding diaryl/α,β-unsaturated/α-hetero) is 1. The first kappa shape index (κ1) is 19.0. The van der Waals surface area contributed by atoms with Gasteiger partial charge in [-0.1, -0.05) is 48.9 Å². The van der Waals surface area contributed by atoms with Crippen molar-refractivity contribution < 1.29 is 13.2 Å². The molecule has 2 rings (SSSR count). The van der Waals surface area contributed by atoms with E-state index in [2.05, 4.69) is 15.9 Å². The molecule has 0 fully saturated rings. The monoisotopic (exact) mass is 429 g/mol. The topological polar surface area (TPSA) is 54.5 Å². The van der Waals surface area contributed by atoms with Crippen LogP contribution in [0.15, 0.2) is 46.9 Å². The highest BCUT2D eigenvalue weighted by Crippen LogP contribution is 2.37. The second-order valence-electron chi connectivity index (χ2n) is 5.19. The van der Waals surface area contributed by atoms with Crippen molar-refractivity contribution in [1.29, 1.82) is 0 Å². The molecule has 0 spiro atoms. The fourth-order valence-electron chi connectivity index (χ4n) is 2.38. The van der Waals surface area contributed by atoms with Gasteiger partial charge in [-0.2, -0.15) is 0 Å². The molecule has 24 heavy (non-hydrogen) atoms. The molecule has 0 N–H and O–H groups in total. The third-order valence-corrected chi connectivity index (χ3v) is 5.10. The van der Waals surface area contributed by atoms with Crippen molar-refractivity contribution in [2.24, 2.45) is 0 Å². The number of hydrogen-bond acceptors (Lipinski definition) is 4. The van der Waals surface area contributed by atoms with Gasteiger partial charge in [-0.05, 0) is 33.6 Å². The molecule has 0 atom stereocenters. The van der Waals surface area contributed by atoms with Crippen LogP contribution in [0.1, 0.15) is 29.3 Å². The molecule has 0 aromatic heterocycles. The maximum atomic E-state index is 12.1. The minimum atomic E-state index is -2.65. The molecule has 128 valence electrons. The number of carbonyl (C=O) groups excluding carboxylic acids is 1. The first-order chi connectivity index (χ1) is 11.4. The maximum absolute atomic E-state index is 12.1. The van der Waals surface area contributed by atoms with Crippen LogP contribution in [0.5, 0.6) is 0 Å². The number of benzene rings is 2. The van der Waals surface area contributed by atoms with E-state index in [4.69, 9.17) is 11.6 Å². The summed E-state index contributed by atoms with van der Waals surface area (Å²) in [5.74, 6) is -0.272. The van der Waals surface area contributed by atoms with E-state index in [-0.39, 0.29) is 16.7 Å². The lowest BCUT2D eigenvalue weighted by molar-refractivity contribution is 0.0988. The van der Waals surface area contributed by atoms with Crippen LogP contribution in [0.2, 0.25) is 5.02 Å². The van der Waals surface area contributed by atoms with Gasteiger partial charge in [-0.15, -0.1) is 0 Å². The Morgan fingerprint density at radius 3 is 2.42 bits per heavy atom. The highest BCUT2D eigenvalue weighted by molar-refractivity contribution is 9.10. The zero-order valence-electron chi connectivity index (χ0n) is 13.0. The van der Waals surface area contributed by atoms with E-state index < -0.39 is 10.7 Å². The Labute approximate surface area is 156 Å². The number of hydrogen-bond donors (Lipinski definition) is 1. The first-order valence-corrected chi connectivity index (χ1v) is 9.89. The lowest BCUT2D eigenvalue weighted by Gasteiger charge is -2.25. The predicted octanol–water partition coefficient (Wildman–Crippen LogP) is 4.27. The molecule has 0 saturated carbocycles. The summed E-state index contributed by atoms with van der Waals surface area (Å²) in [5, 5.41) is 0.268. The van der Waals surface area contributed by atoms with Crippen LogP contribution >= 0.6 is 27.5 Å². The Hall–Kier alpha value is -1.37. The van der Waals surface area contributed by atoms with Crippen LogP contribution in [-0.2, 0) is 17.2 Å². The predicted molar refractivity (Wildman–Crippen MR) is 102 cm³/mol. The highest BCUT2D eigenvalue weighted by atomic mass is 79.9. The van der Waals surface area contributed by atoms with E-state index in [1.165, 1.54) is 0 Å². The van der Waals surface area contributed by atoms with Crippen molar-refractivity contribution in [3.63, 3.8) is 0 Å². The molecule has 0 aliphatic rings. The van der Waals surface area contributed by atoms with Crippen molar-refractivity contribution in [3.8, 4) is 0 Å². The Morgan fingerprint density at radius 2 is 1.83 bits per heavy atom. The van der Waals surface area contributed by atoms with Crippen LogP contribution in [-0.4, -0.2) is 20.1 Å². The van der Waals surface area contributed by atoms with Crippen LogP contribution in [0.3, 0.4) is 0 Å². The first-order valence-electron chi connectivity index (χ1n) is 7.36. The average molecular weight is 431 g/mol. The van der Waals surface area contributed by atoms with Gasteiger partial charge >= 0.3 is 0 Å². The summed E-state index contributed by atoms with van der Waals surface area (Å²) >= 11 is 9.86. The van der Waals surface area contributed by atoms with Crippen LogP contribution in [0.4, 0.5) is 5.69 Å². The molecule has 0 bridgehead atoms. The standard InChI is InChI=1S/C17H17BrClNO3S/c1-2-15(21)13-8-9-14(18)17(16(13)19)20(11-24(22)23)10-12-6-4-3-5-7-12/h3-9,24H,2,10-11H2,1H3. The number of ketones is 1. The van der Waals surface area contributed by atoms with Gasteiger partial charge in [0.05, 0.1) is 10.7 Å².